The highest BCUT2D eigenvalue weighted by atomic mass is 32.2. The van der Waals surface area contributed by atoms with E-state index in [0.29, 0.717) is 19.0 Å². The van der Waals surface area contributed by atoms with Crippen LogP contribution in [0.4, 0.5) is 8.78 Å². The van der Waals surface area contributed by atoms with Crippen molar-refractivity contribution in [2.24, 2.45) is 5.73 Å². The molecule has 19 heavy (non-hydrogen) atoms. The van der Waals surface area contributed by atoms with Crippen molar-refractivity contribution in [1.82, 2.24) is 4.31 Å². The fourth-order valence-electron chi connectivity index (χ4n) is 1.62. The molecule has 0 saturated carbocycles. The van der Waals surface area contributed by atoms with Crippen LogP contribution >= 0.6 is 0 Å². The zero-order chi connectivity index (χ0) is 14.5. The largest absolute Gasteiger partial charge is 0.330 e. The third-order valence-electron chi connectivity index (χ3n) is 2.76. The summed E-state index contributed by atoms with van der Waals surface area (Å²) in [5, 5.41) is 0. The van der Waals surface area contributed by atoms with Gasteiger partial charge in [-0.1, -0.05) is 6.42 Å². The monoisotopic (exact) mass is 292 g/mol. The minimum Gasteiger partial charge on any atom is -0.330 e. The lowest BCUT2D eigenvalue weighted by Crippen LogP contribution is -2.28. The van der Waals surface area contributed by atoms with Crippen LogP contribution in [0, 0.1) is 11.6 Å². The molecule has 0 unspecified atom stereocenters. The molecule has 4 nitrogen and oxygen atoms in total. The Morgan fingerprint density at radius 2 is 1.89 bits per heavy atom. The minimum atomic E-state index is -3.99. The molecule has 0 aliphatic carbocycles. The maximum absolute atomic E-state index is 13.5. The average Bonchev–Trinajstić information content (AvgIpc) is 2.37. The van der Waals surface area contributed by atoms with Gasteiger partial charge in [-0.2, -0.15) is 0 Å². The van der Waals surface area contributed by atoms with Crippen molar-refractivity contribution in [3.05, 3.63) is 29.8 Å². The number of rotatable bonds is 7. The minimum absolute atomic E-state index is 0.248. The first kappa shape index (κ1) is 16.0. The van der Waals surface area contributed by atoms with Gasteiger partial charge in [-0.05, 0) is 37.6 Å². The first-order chi connectivity index (χ1) is 8.89. The molecule has 0 aliphatic heterocycles. The summed E-state index contributed by atoms with van der Waals surface area (Å²) in [4.78, 5) is -0.631. The van der Waals surface area contributed by atoms with E-state index in [1.54, 1.807) is 0 Å². The zero-order valence-corrected chi connectivity index (χ0v) is 11.6. The van der Waals surface area contributed by atoms with E-state index < -0.39 is 26.6 Å². The van der Waals surface area contributed by atoms with Crippen LogP contribution in [0.3, 0.4) is 0 Å². The summed E-state index contributed by atoms with van der Waals surface area (Å²) in [6.45, 7) is 0.799. The molecule has 0 bridgehead atoms. The Morgan fingerprint density at radius 1 is 1.21 bits per heavy atom. The van der Waals surface area contributed by atoms with Gasteiger partial charge in [0.1, 0.15) is 16.5 Å². The fraction of sp³-hybridized carbons (Fsp3) is 0.500. The highest BCUT2D eigenvalue weighted by molar-refractivity contribution is 7.89. The first-order valence-corrected chi connectivity index (χ1v) is 7.45. The molecular formula is C12H18F2N2O2S. The van der Waals surface area contributed by atoms with E-state index in [1.165, 1.54) is 7.05 Å². The number of nitrogens with zero attached hydrogens (tertiary/aromatic N) is 1. The Balaban J connectivity index is 2.82. The maximum atomic E-state index is 13.5. The molecule has 1 rings (SSSR count). The van der Waals surface area contributed by atoms with E-state index in [-0.39, 0.29) is 6.54 Å². The highest BCUT2D eigenvalue weighted by Gasteiger charge is 2.24. The molecule has 0 aromatic heterocycles. The van der Waals surface area contributed by atoms with Crippen molar-refractivity contribution < 1.29 is 17.2 Å². The number of sulfonamides is 1. The van der Waals surface area contributed by atoms with E-state index in [2.05, 4.69) is 0 Å². The molecule has 0 fully saturated rings. The lowest BCUT2D eigenvalue weighted by atomic mass is 10.2. The second-order valence-corrected chi connectivity index (χ2v) is 6.26. The van der Waals surface area contributed by atoms with Gasteiger partial charge in [0.25, 0.3) is 0 Å². The normalized spacial score (nSPS) is 12.1. The highest BCUT2D eigenvalue weighted by Crippen LogP contribution is 2.19. The second kappa shape index (κ2) is 6.93. The van der Waals surface area contributed by atoms with Gasteiger partial charge in [0, 0.05) is 13.6 Å². The van der Waals surface area contributed by atoms with E-state index in [0.717, 1.165) is 29.3 Å². The molecular weight excluding hydrogens is 274 g/mol. The van der Waals surface area contributed by atoms with E-state index in [9.17, 15) is 17.2 Å². The zero-order valence-electron chi connectivity index (χ0n) is 10.8. The topological polar surface area (TPSA) is 63.4 Å². The summed E-state index contributed by atoms with van der Waals surface area (Å²) in [6, 6.07) is 2.39. The van der Waals surface area contributed by atoms with E-state index in [1.807, 2.05) is 0 Å². The molecule has 7 heteroatoms. The second-order valence-electron chi connectivity index (χ2n) is 4.25. The van der Waals surface area contributed by atoms with Crippen molar-refractivity contribution in [3.63, 3.8) is 0 Å². The number of halogens is 2. The van der Waals surface area contributed by atoms with Gasteiger partial charge in [-0.3, -0.25) is 0 Å². The first-order valence-electron chi connectivity index (χ1n) is 6.01. The van der Waals surface area contributed by atoms with Crippen LogP contribution in [0.1, 0.15) is 19.3 Å². The van der Waals surface area contributed by atoms with Crippen LogP contribution in [0.2, 0.25) is 0 Å². The van der Waals surface area contributed by atoms with Crippen LogP contribution < -0.4 is 5.73 Å². The van der Waals surface area contributed by atoms with Crippen LogP contribution in [0.15, 0.2) is 23.1 Å². The standard InChI is InChI=1S/C12H18F2N2O2S/c1-16(8-4-2-3-7-15)19(17,18)12-9-10(13)5-6-11(12)14/h5-6,9H,2-4,7-8,15H2,1H3. The summed E-state index contributed by atoms with van der Waals surface area (Å²) < 4.78 is 51.7. The van der Waals surface area contributed by atoms with Crippen molar-refractivity contribution in [2.45, 2.75) is 24.2 Å². The van der Waals surface area contributed by atoms with Gasteiger partial charge in [0.05, 0.1) is 0 Å². The van der Waals surface area contributed by atoms with Gasteiger partial charge in [-0.25, -0.2) is 21.5 Å². The summed E-state index contributed by atoms with van der Waals surface area (Å²) in [5.74, 6) is -1.73. The molecule has 1 aromatic carbocycles. The van der Waals surface area contributed by atoms with Gasteiger partial charge >= 0.3 is 0 Å². The maximum Gasteiger partial charge on any atom is 0.245 e. The molecule has 0 atom stereocenters. The molecule has 0 spiro atoms. The lowest BCUT2D eigenvalue weighted by Gasteiger charge is -2.17. The van der Waals surface area contributed by atoms with Crippen molar-refractivity contribution in [3.8, 4) is 0 Å². The fourth-order valence-corrected chi connectivity index (χ4v) is 2.90. The number of hydrogen-bond acceptors (Lipinski definition) is 3. The molecule has 0 amide bonds. The van der Waals surface area contributed by atoms with Gasteiger partial charge in [-0.15, -0.1) is 0 Å². The van der Waals surface area contributed by atoms with Crippen molar-refractivity contribution in [2.75, 3.05) is 20.1 Å². The third-order valence-corrected chi connectivity index (χ3v) is 4.63. The van der Waals surface area contributed by atoms with Crippen molar-refractivity contribution in [1.29, 1.82) is 0 Å². The summed E-state index contributed by atoms with van der Waals surface area (Å²) >= 11 is 0. The molecule has 108 valence electrons. The van der Waals surface area contributed by atoms with Gasteiger partial charge < -0.3 is 5.73 Å². The molecule has 1 aromatic rings. The summed E-state index contributed by atoms with van der Waals surface area (Å²) in [7, 11) is -2.64. The molecule has 2 N–H and O–H groups in total. The van der Waals surface area contributed by atoms with Crippen LogP contribution in [0.5, 0.6) is 0 Å². The van der Waals surface area contributed by atoms with Crippen LogP contribution in [0.25, 0.3) is 0 Å². The number of unbranched alkanes of at least 4 members (excludes halogenated alkanes) is 2. The van der Waals surface area contributed by atoms with E-state index in [4.69, 9.17) is 5.73 Å². The van der Waals surface area contributed by atoms with Gasteiger partial charge in [0.2, 0.25) is 10.0 Å². The van der Waals surface area contributed by atoms with Crippen LogP contribution in [-0.4, -0.2) is 32.9 Å². The Morgan fingerprint density at radius 3 is 2.53 bits per heavy atom. The molecule has 0 aliphatic rings. The quantitative estimate of drug-likeness (QED) is 0.778. The van der Waals surface area contributed by atoms with E-state index >= 15 is 0 Å². The lowest BCUT2D eigenvalue weighted by molar-refractivity contribution is 0.446. The number of hydrogen-bond donors (Lipinski definition) is 1. The Bertz CT molecular complexity index is 520. The smallest absolute Gasteiger partial charge is 0.245 e. The molecule has 0 heterocycles. The predicted octanol–water partition coefficient (Wildman–Crippen LogP) is 1.71. The number of benzene rings is 1. The molecule has 0 radical (unpaired) electrons. The summed E-state index contributed by atoms with van der Waals surface area (Å²) in [5.41, 5.74) is 5.34. The molecule has 0 saturated heterocycles. The van der Waals surface area contributed by atoms with Gasteiger partial charge in [0.15, 0.2) is 0 Å². The van der Waals surface area contributed by atoms with Crippen molar-refractivity contribution >= 4 is 10.0 Å². The van der Waals surface area contributed by atoms with Crippen LogP contribution in [-0.2, 0) is 10.0 Å². The average molecular weight is 292 g/mol. The number of nitrogens with two attached hydrogens (primary N) is 1. The predicted molar refractivity (Wildman–Crippen MR) is 69.1 cm³/mol. The Labute approximate surface area is 112 Å². The summed E-state index contributed by atoms with van der Waals surface area (Å²) in [6.07, 6.45) is 2.23. The SMILES string of the molecule is CN(CCCCCN)S(=O)(=O)c1cc(F)ccc1F. The Kier molecular flexibility index (Phi) is 5.84. The Hall–Kier alpha value is -1.05. The third kappa shape index (κ3) is 4.22.